The zero-order valence-corrected chi connectivity index (χ0v) is 10.1. The minimum Gasteiger partial charge on any atom is -0.496 e. The van der Waals surface area contributed by atoms with Gasteiger partial charge in [-0.2, -0.15) is 39.5 Å². The Labute approximate surface area is 112 Å². The average Bonchev–Trinajstić information content (AvgIpc) is 2.36. The Balaban J connectivity index is 3.47. The summed E-state index contributed by atoms with van der Waals surface area (Å²) in [6, 6.07) is 2.83. The number of ether oxygens (including phenoxy) is 1. The number of halogens is 9. The van der Waals surface area contributed by atoms with Crippen LogP contribution in [0.1, 0.15) is 5.56 Å². The molecule has 0 saturated heterocycles. The highest BCUT2D eigenvalue weighted by molar-refractivity contribution is 5.38. The van der Waals surface area contributed by atoms with Crippen molar-refractivity contribution in [3.05, 3.63) is 29.8 Å². The third kappa shape index (κ3) is 2.51. The topological polar surface area (TPSA) is 9.23 Å². The Morgan fingerprint density at radius 3 is 1.67 bits per heavy atom. The van der Waals surface area contributed by atoms with E-state index in [1.54, 1.807) is 0 Å². The number of benzene rings is 1. The molecule has 0 N–H and O–H groups in total. The number of hydrogen-bond acceptors (Lipinski definition) is 1. The van der Waals surface area contributed by atoms with Gasteiger partial charge in [0.25, 0.3) is 0 Å². The van der Waals surface area contributed by atoms with Crippen molar-refractivity contribution < 1.29 is 44.3 Å². The molecule has 0 heterocycles. The van der Waals surface area contributed by atoms with Crippen LogP contribution in [-0.2, 0) is 5.92 Å². The highest BCUT2D eigenvalue weighted by Crippen LogP contribution is 2.57. The fourth-order valence-corrected chi connectivity index (χ4v) is 1.45. The standard InChI is InChI=1S/C11H7F9O/c1-21-7-5-3-2-4-6(7)8(12,13)9(14,15)10(16,17)11(18,19)20/h2-5H,1H3. The van der Waals surface area contributed by atoms with Crippen molar-refractivity contribution in [1.82, 2.24) is 0 Å². The smallest absolute Gasteiger partial charge is 0.460 e. The molecule has 0 amide bonds. The zero-order valence-electron chi connectivity index (χ0n) is 10.1. The molecule has 0 radical (unpaired) electrons. The summed E-state index contributed by atoms with van der Waals surface area (Å²) in [5.74, 6) is -20.4. The number of para-hydroxylation sites is 1. The quantitative estimate of drug-likeness (QED) is 0.734. The second-order valence-electron chi connectivity index (χ2n) is 3.92. The first kappa shape index (κ1) is 17.4. The lowest BCUT2D eigenvalue weighted by molar-refractivity contribution is -0.399. The summed E-state index contributed by atoms with van der Waals surface area (Å²) in [5, 5.41) is 0. The first-order valence-electron chi connectivity index (χ1n) is 5.14. The predicted molar refractivity (Wildman–Crippen MR) is 52.8 cm³/mol. The maximum absolute atomic E-state index is 13.6. The van der Waals surface area contributed by atoms with Gasteiger partial charge in [0.2, 0.25) is 0 Å². The molecule has 0 fully saturated rings. The Morgan fingerprint density at radius 1 is 0.762 bits per heavy atom. The van der Waals surface area contributed by atoms with Crippen LogP contribution in [0.5, 0.6) is 5.75 Å². The van der Waals surface area contributed by atoms with E-state index < -0.39 is 35.3 Å². The first-order valence-corrected chi connectivity index (χ1v) is 5.14. The summed E-state index contributed by atoms with van der Waals surface area (Å²) in [5.41, 5.74) is -1.78. The van der Waals surface area contributed by atoms with Crippen LogP contribution in [0.25, 0.3) is 0 Å². The Bertz CT molecular complexity index is 507. The fourth-order valence-electron chi connectivity index (χ4n) is 1.45. The molecule has 1 aromatic carbocycles. The molecule has 0 spiro atoms. The number of alkyl halides is 9. The van der Waals surface area contributed by atoms with E-state index in [0.717, 1.165) is 25.3 Å². The van der Waals surface area contributed by atoms with Gasteiger partial charge in [-0.3, -0.25) is 0 Å². The molecule has 1 nitrogen and oxygen atoms in total. The van der Waals surface area contributed by atoms with Crippen LogP contribution in [0.15, 0.2) is 24.3 Å². The number of methoxy groups -OCH3 is 1. The lowest BCUT2D eigenvalue weighted by atomic mass is 9.96. The number of rotatable bonds is 4. The van der Waals surface area contributed by atoms with Gasteiger partial charge in [0.05, 0.1) is 12.7 Å². The molecular weight excluding hydrogens is 319 g/mol. The van der Waals surface area contributed by atoms with Crippen LogP contribution >= 0.6 is 0 Å². The van der Waals surface area contributed by atoms with Gasteiger partial charge < -0.3 is 4.74 Å². The van der Waals surface area contributed by atoms with Gasteiger partial charge >= 0.3 is 23.9 Å². The molecule has 0 aliphatic heterocycles. The molecule has 0 aliphatic rings. The van der Waals surface area contributed by atoms with Crippen LogP contribution in [0.2, 0.25) is 0 Å². The molecule has 21 heavy (non-hydrogen) atoms. The van der Waals surface area contributed by atoms with E-state index in [-0.39, 0.29) is 6.07 Å². The summed E-state index contributed by atoms with van der Waals surface area (Å²) in [4.78, 5) is 0. The van der Waals surface area contributed by atoms with Crippen molar-refractivity contribution in [2.24, 2.45) is 0 Å². The van der Waals surface area contributed by atoms with Crippen LogP contribution in [0.3, 0.4) is 0 Å². The van der Waals surface area contributed by atoms with Crippen molar-refractivity contribution in [2.75, 3.05) is 7.11 Å². The van der Waals surface area contributed by atoms with Crippen LogP contribution in [0.4, 0.5) is 39.5 Å². The number of hydrogen-bond donors (Lipinski definition) is 0. The first-order chi connectivity index (χ1) is 9.30. The van der Waals surface area contributed by atoms with E-state index in [2.05, 4.69) is 4.74 Å². The zero-order chi connectivity index (χ0) is 16.7. The van der Waals surface area contributed by atoms with Crippen LogP contribution in [-0.4, -0.2) is 25.1 Å². The molecule has 10 heteroatoms. The molecule has 0 saturated carbocycles. The second-order valence-corrected chi connectivity index (χ2v) is 3.92. The average molecular weight is 326 g/mol. The third-order valence-corrected chi connectivity index (χ3v) is 2.59. The van der Waals surface area contributed by atoms with Gasteiger partial charge in [-0.25, -0.2) is 0 Å². The van der Waals surface area contributed by atoms with Crippen molar-refractivity contribution in [1.29, 1.82) is 0 Å². The molecule has 1 aromatic rings. The van der Waals surface area contributed by atoms with Crippen molar-refractivity contribution in [2.45, 2.75) is 23.9 Å². The van der Waals surface area contributed by atoms with Gasteiger partial charge in [-0.05, 0) is 12.1 Å². The lowest BCUT2D eigenvalue weighted by Crippen LogP contribution is -2.59. The molecule has 1 rings (SSSR count). The van der Waals surface area contributed by atoms with E-state index >= 15 is 0 Å². The van der Waals surface area contributed by atoms with Crippen molar-refractivity contribution in [3.8, 4) is 5.75 Å². The summed E-state index contributed by atoms with van der Waals surface area (Å²) in [7, 11) is 0.773. The van der Waals surface area contributed by atoms with E-state index in [4.69, 9.17) is 0 Å². The summed E-state index contributed by atoms with van der Waals surface area (Å²) < 4.78 is 119. The highest BCUT2D eigenvalue weighted by Gasteiger charge is 2.82. The van der Waals surface area contributed by atoms with Gasteiger partial charge in [-0.1, -0.05) is 12.1 Å². The molecule has 0 aromatic heterocycles. The van der Waals surface area contributed by atoms with Crippen molar-refractivity contribution >= 4 is 0 Å². The van der Waals surface area contributed by atoms with Gasteiger partial charge in [0.15, 0.2) is 0 Å². The maximum Gasteiger partial charge on any atom is 0.460 e. The molecule has 0 atom stereocenters. The molecular formula is C11H7F9O. The minimum absolute atomic E-state index is 0.277. The monoisotopic (exact) mass is 326 g/mol. The van der Waals surface area contributed by atoms with Gasteiger partial charge in [-0.15, -0.1) is 0 Å². The molecule has 0 bridgehead atoms. The predicted octanol–water partition coefficient (Wildman–Crippen LogP) is 4.62. The Kier molecular flexibility index (Phi) is 4.14. The second kappa shape index (κ2) is 4.99. The lowest BCUT2D eigenvalue weighted by Gasteiger charge is -2.34. The van der Waals surface area contributed by atoms with E-state index in [1.807, 2.05) is 0 Å². The van der Waals surface area contributed by atoms with Gasteiger partial charge in [0.1, 0.15) is 5.75 Å². The minimum atomic E-state index is -6.93. The maximum atomic E-state index is 13.6. The molecule has 0 aliphatic carbocycles. The summed E-state index contributed by atoms with van der Waals surface area (Å²) in [6.07, 6.45) is -6.85. The van der Waals surface area contributed by atoms with Crippen molar-refractivity contribution in [3.63, 3.8) is 0 Å². The summed E-state index contributed by atoms with van der Waals surface area (Å²) in [6.45, 7) is 0. The molecule has 0 unspecified atom stereocenters. The fraction of sp³-hybridized carbons (Fsp3) is 0.455. The Hall–Kier alpha value is -1.61. The van der Waals surface area contributed by atoms with E-state index in [0.29, 0.717) is 0 Å². The van der Waals surface area contributed by atoms with E-state index in [1.165, 1.54) is 0 Å². The van der Waals surface area contributed by atoms with Gasteiger partial charge in [0, 0.05) is 0 Å². The van der Waals surface area contributed by atoms with E-state index in [9.17, 15) is 39.5 Å². The SMILES string of the molecule is COc1ccccc1C(F)(F)C(F)(F)C(F)(F)C(F)(F)F. The Morgan fingerprint density at radius 2 is 1.24 bits per heavy atom. The normalized spacial score (nSPS) is 14.2. The third-order valence-electron chi connectivity index (χ3n) is 2.59. The molecule has 120 valence electrons. The summed E-state index contributed by atoms with van der Waals surface area (Å²) >= 11 is 0. The largest absolute Gasteiger partial charge is 0.496 e. The van der Waals surface area contributed by atoms with Crippen LogP contribution < -0.4 is 4.74 Å². The highest BCUT2D eigenvalue weighted by atomic mass is 19.4. The van der Waals surface area contributed by atoms with Crippen LogP contribution in [0, 0.1) is 0 Å².